The smallest absolute Gasteiger partial charge is 0.319 e. The van der Waals surface area contributed by atoms with Crippen molar-refractivity contribution in [2.45, 2.75) is 32.7 Å². The van der Waals surface area contributed by atoms with Crippen molar-refractivity contribution in [3.63, 3.8) is 0 Å². The van der Waals surface area contributed by atoms with Crippen LogP contribution in [0.15, 0.2) is 35.5 Å². The molecular formula is C17H20N2O3. The number of Topliss-reactive ketones (excluding diaryl/α,β-unsaturated/α-hetero) is 1. The van der Waals surface area contributed by atoms with E-state index in [1.165, 1.54) is 0 Å². The molecule has 2 aliphatic rings. The second kappa shape index (κ2) is 5.16. The van der Waals surface area contributed by atoms with Gasteiger partial charge in [0.1, 0.15) is 5.75 Å². The molecule has 1 aliphatic heterocycles. The third kappa shape index (κ3) is 2.36. The van der Waals surface area contributed by atoms with Crippen LogP contribution in [0.2, 0.25) is 0 Å². The molecule has 2 N–H and O–H groups in total. The van der Waals surface area contributed by atoms with Gasteiger partial charge in [-0.15, -0.1) is 0 Å². The lowest BCUT2D eigenvalue weighted by atomic mass is 9.71. The van der Waals surface area contributed by atoms with Crippen molar-refractivity contribution < 1.29 is 14.3 Å². The first-order chi connectivity index (χ1) is 10.4. The molecule has 1 aliphatic carbocycles. The second-order valence-electron chi connectivity index (χ2n) is 6.41. The lowest BCUT2D eigenvalue weighted by Crippen LogP contribution is -2.49. The number of carbonyl (C=O) groups is 2. The van der Waals surface area contributed by atoms with Crippen molar-refractivity contribution in [2.75, 3.05) is 7.11 Å². The van der Waals surface area contributed by atoms with Crippen molar-refractivity contribution in [2.24, 2.45) is 5.41 Å². The molecule has 116 valence electrons. The highest BCUT2D eigenvalue weighted by Crippen LogP contribution is 2.41. The summed E-state index contributed by atoms with van der Waals surface area (Å²) in [4.78, 5) is 24.8. The first-order valence-corrected chi connectivity index (χ1v) is 7.42. The molecule has 3 rings (SSSR count). The van der Waals surface area contributed by atoms with Gasteiger partial charge in [-0.25, -0.2) is 4.79 Å². The molecule has 0 radical (unpaired) electrons. The summed E-state index contributed by atoms with van der Waals surface area (Å²) in [6.45, 7) is 3.91. The maximum Gasteiger partial charge on any atom is 0.319 e. The van der Waals surface area contributed by atoms with Crippen molar-refractivity contribution in [3.05, 3.63) is 41.1 Å². The zero-order valence-corrected chi connectivity index (χ0v) is 13.0. The number of allylic oxidation sites excluding steroid dienone is 1. The molecule has 2 amide bonds. The van der Waals surface area contributed by atoms with Crippen LogP contribution in [0.3, 0.4) is 0 Å². The van der Waals surface area contributed by atoms with Crippen LogP contribution in [-0.4, -0.2) is 18.9 Å². The predicted octanol–water partition coefficient (Wildman–Crippen LogP) is 2.69. The summed E-state index contributed by atoms with van der Waals surface area (Å²) in [5.74, 6) is 0.795. The molecule has 1 unspecified atom stereocenters. The van der Waals surface area contributed by atoms with E-state index < -0.39 is 11.5 Å². The van der Waals surface area contributed by atoms with Crippen LogP contribution in [0.5, 0.6) is 5.75 Å². The largest absolute Gasteiger partial charge is 0.497 e. The molecule has 1 atom stereocenters. The van der Waals surface area contributed by atoms with E-state index in [2.05, 4.69) is 10.6 Å². The van der Waals surface area contributed by atoms with Gasteiger partial charge in [-0.3, -0.25) is 4.79 Å². The van der Waals surface area contributed by atoms with E-state index in [4.69, 9.17) is 4.74 Å². The van der Waals surface area contributed by atoms with Gasteiger partial charge < -0.3 is 15.4 Å². The molecular weight excluding hydrogens is 280 g/mol. The van der Waals surface area contributed by atoms with Crippen molar-refractivity contribution in [1.29, 1.82) is 0 Å². The minimum absolute atomic E-state index is 0.0917. The van der Waals surface area contributed by atoms with Gasteiger partial charge in [-0.1, -0.05) is 26.0 Å². The van der Waals surface area contributed by atoms with Crippen LogP contribution in [-0.2, 0) is 4.79 Å². The Kier molecular flexibility index (Phi) is 3.43. The van der Waals surface area contributed by atoms with E-state index in [1.54, 1.807) is 7.11 Å². The minimum atomic E-state index is -0.425. The minimum Gasteiger partial charge on any atom is -0.497 e. The van der Waals surface area contributed by atoms with Gasteiger partial charge in [-0.2, -0.15) is 0 Å². The molecule has 0 saturated heterocycles. The van der Waals surface area contributed by atoms with E-state index in [0.717, 1.165) is 17.7 Å². The maximum absolute atomic E-state index is 12.8. The average Bonchev–Trinajstić information content (AvgIpc) is 2.50. The van der Waals surface area contributed by atoms with Gasteiger partial charge in [-0.05, 0) is 30.5 Å². The highest BCUT2D eigenvalue weighted by Gasteiger charge is 2.42. The number of carbonyl (C=O) groups excluding carboxylic acids is 2. The Bertz CT molecular complexity index is 676. The van der Waals surface area contributed by atoms with Gasteiger partial charge in [0, 0.05) is 16.7 Å². The molecule has 1 aromatic carbocycles. The number of rotatable bonds is 2. The van der Waals surface area contributed by atoms with Crippen LogP contribution in [0.25, 0.3) is 0 Å². The monoisotopic (exact) mass is 300 g/mol. The zero-order chi connectivity index (χ0) is 15.9. The SMILES string of the molecule is COc1cccc(C2NC(=O)NC3=C2C(=O)C(C)(C)CC3)c1. The van der Waals surface area contributed by atoms with Crippen molar-refractivity contribution in [3.8, 4) is 5.75 Å². The van der Waals surface area contributed by atoms with Crippen LogP contribution in [0.1, 0.15) is 38.3 Å². The van der Waals surface area contributed by atoms with Crippen molar-refractivity contribution in [1.82, 2.24) is 10.6 Å². The summed E-state index contributed by atoms with van der Waals surface area (Å²) in [5, 5.41) is 5.66. The highest BCUT2D eigenvalue weighted by atomic mass is 16.5. The molecule has 0 bridgehead atoms. The first kappa shape index (κ1) is 14.6. The maximum atomic E-state index is 12.8. The summed E-state index contributed by atoms with van der Waals surface area (Å²) in [6, 6.07) is 6.77. The number of urea groups is 1. The van der Waals surface area contributed by atoms with Crippen molar-refractivity contribution >= 4 is 11.8 Å². The molecule has 22 heavy (non-hydrogen) atoms. The second-order valence-corrected chi connectivity index (χ2v) is 6.41. The van der Waals surface area contributed by atoms with Crippen LogP contribution in [0.4, 0.5) is 4.79 Å². The summed E-state index contributed by atoms with van der Waals surface area (Å²) in [6.07, 6.45) is 1.46. The summed E-state index contributed by atoms with van der Waals surface area (Å²) >= 11 is 0. The molecule has 1 aromatic rings. The number of hydrogen-bond donors (Lipinski definition) is 2. The highest BCUT2D eigenvalue weighted by molar-refractivity contribution is 6.04. The lowest BCUT2D eigenvalue weighted by Gasteiger charge is -2.38. The van der Waals surface area contributed by atoms with Gasteiger partial charge >= 0.3 is 6.03 Å². The average molecular weight is 300 g/mol. The number of methoxy groups -OCH3 is 1. The fourth-order valence-electron chi connectivity index (χ4n) is 3.07. The molecule has 0 spiro atoms. The molecule has 1 heterocycles. The van der Waals surface area contributed by atoms with E-state index in [0.29, 0.717) is 17.7 Å². The number of ether oxygens (including phenoxy) is 1. The lowest BCUT2D eigenvalue weighted by molar-refractivity contribution is -0.124. The number of benzene rings is 1. The fourth-order valence-corrected chi connectivity index (χ4v) is 3.07. The summed E-state index contributed by atoms with van der Waals surface area (Å²) < 4.78 is 5.25. The predicted molar refractivity (Wildman–Crippen MR) is 82.5 cm³/mol. The number of ketones is 1. The van der Waals surface area contributed by atoms with Gasteiger partial charge in [0.25, 0.3) is 0 Å². The third-order valence-electron chi connectivity index (χ3n) is 4.44. The topological polar surface area (TPSA) is 67.4 Å². The Morgan fingerprint density at radius 3 is 2.77 bits per heavy atom. The first-order valence-electron chi connectivity index (χ1n) is 7.42. The molecule has 5 nitrogen and oxygen atoms in total. The Balaban J connectivity index is 2.09. The quantitative estimate of drug-likeness (QED) is 0.882. The zero-order valence-electron chi connectivity index (χ0n) is 13.0. The fraction of sp³-hybridized carbons (Fsp3) is 0.412. The molecule has 5 heteroatoms. The number of nitrogens with one attached hydrogen (secondary N) is 2. The Morgan fingerprint density at radius 2 is 2.05 bits per heavy atom. The number of hydrogen-bond acceptors (Lipinski definition) is 3. The van der Waals surface area contributed by atoms with E-state index in [1.807, 2.05) is 38.1 Å². The standard InChI is InChI=1S/C17H20N2O3/c1-17(2)8-7-12-13(15(17)20)14(19-16(21)18-12)10-5-4-6-11(9-10)22-3/h4-6,9,14H,7-8H2,1-3H3,(H2,18,19,21). The van der Waals surface area contributed by atoms with Crippen LogP contribution in [0, 0.1) is 5.41 Å². The van der Waals surface area contributed by atoms with Crippen LogP contribution >= 0.6 is 0 Å². The Morgan fingerprint density at radius 1 is 1.27 bits per heavy atom. The van der Waals surface area contributed by atoms with E-state index >= 15 is 0 Å². The molecule has 0 aromatic heterocycles. The van der Waals surface area contributed by atoms with Gasteiger partial charge in [0.2, 0.25) is 0 Å². The van der Waals surface area contributed by atoms with E-state index in [9.17, 15) is 9.59 Å². The summed E-state index contributed by atoms with van der Waals surface area (Å²) in [7, 11) is 1.60. The number of amides is 2. The summed E-state index contributed by atoms with van der Waals surface area (Å²) in [5.41, 5.74) is 1.87. The van der Waals surface area contributed by atoms with Gasteiger partial charge in [0.15, 0.2) is 5.78 Å². The van der Waals surface area contributed by atoms with Gasteiger partial charge in [0.05, 0.1) is 13.2 Å². The Hall–Kier alpha value is -2.30. The molecule has 0 fully saturated rings. The van der Waals surface area contributed by atoms with E-state index in [-0.39, 0.29) is 11.8 Å². The molecule has 0 saturated carbocycles. The normalized spacial score (nSPS) is 23.5. The Labute approximate surface area is 129 Å². The van der Waals surface area contributed by atoms with Crippen LogP contribution < -0.4 is 15.4 Å². The third-order valence-corrected chi connectivity index (χ3v) is 4.44.